The SMILES string of the molecule is CC(CNc1cccc(Cl)n1)N1CCCCC1. The average molecular weight is 254 g/mol. The topological polar surface area (TPSA) is 28.2 Å². The maximum absolute atomic E-state index is 5.85. The highest BCUT2D eigenvalue weighted by atomic mass is 35.5. The second kappa shape index (κ2) is 6.22. The lowest BCUT2D eigenvalue weighted by Gasteiger charge is -2.32. The Kier molecular flexibility index (Phi) is 4.63. The lowest BCUT2D eigenvalue weighted by Crippen LogP contribution is -2.41. The normalized spacial score (nSPS) is 18.9. The fraction of sp³-hybridized carbons (Fsp3) is 0.615. The molecule has 2 heterocycles. The highest BCUT2D eigenvalue weighted by molar-refractivity contribution is 6.29. The summed E-state index contributed by atoms with van der Waals surface area (Å²) < 4.78 is 0. The summed E-state index contributed by atoms with van der Waals surface area (Å²) in [6.45, 7) is 5.65. The van der Waals surface area contributed by atoms with Gasteiger partial charge in [0.05, 0.1) is 0 Å². The number of hydrogen-bond acceptors (Lipinski definition) is 3. The van der Waals surface area contributed by atoms with Crippen LogP contribution in [-0.4, -0.2) is 35.6 Å². The summed E-state index contributed by atoms with van der Waals surface area (Å²) in [5.74, 6) is 0.862. The Hall–Kier alpha value is -0.800. The van der Waals surface area contributed by atoms with Crippen LogP contribution in [0.3, 0.4) is 0 Å². The van der Waals surface area contributed by atoms with Crippen molar-refractivity contribution in [3.8, 4) is 0 Å². The van der Waals surface area contributed by atoms with Crippen LogP contribution in [0.5, 0.6) is 0 Å². The molecule has 1 aliphatic rings. The first-order valence-electron chi connectivity index (χ1n) is 6.36. The van der Waals surface area contributed by atoms with Crippen molar-refractivity contribution in [2.75, 3.05) is 25.0 Å². The molecule has 0 aliphatic carbocycles. The number of hydrogen-bond donors (Lipinski definition) is 1. The zero-order chi connectivity index (χ0) is 12.1. The first-order valence-corrected chi connectivity index (χ1v) is 6.74. The van der Waals surface area contributed by atoms with Crippen molar-refractivity contribution in [3.63, 3.8) is 0 Å². The Balaban J connectivity index is 1.80. The number of piperidine rings is 1. The van der Waals surface area contributed by atoms with Crippen LogP contribution in [0.4, 0.5) is 5.82 Å². The van der Waals surface area contributed by atoms with Crippen LogP contribution >= 0.6 is 11.6 Å². The quantitative estimate of drug-likeness (QED) is 0.836. The van der Waals surface area contributed by atoms with Crippen LogP contribution in [0.1, 0.15) is 26.2 Å². The van der Waals surface area contributed by atoms with Gasteiger partial charge in [-0.2, -0.15) is 0 Å². The van der Waals surface area contributed by atoms with Gasteiger partial charge in [-0.05, 0) is 45.0 Å². The molecule has 1 aliphatic heterocycles. The Morgan fingerprint density at radius 2 is 2.12 bits per heavy atom. The molecular weight excluding hydrogens is 234 g/mol. The number of rotatable bonds is 4. The van der Waals surface area contributed by atoms with Crippen molar-refractivity contribution >= 4 is 17.4 Å². The molecule has 0 amide bonds. The van der Waals surface area contributed by atoms with Crippen LogP contribution in [0.25, 0.3) is 0 Å². The number of pyridine rings is 1. The molecule has 0 radical (unpaired) electrons. The number of halogens is 1. The molecule has 0 aromatic carbocycles. The van der Waals surface area contributed by atoms with Crippen molar-refractivity contribution in [1.29, 1.82) is 0 Å². The molecule has 17 heavy (non-hydrogen) atoms. The van der Waals surface area contributed by atoms with Gasteiger partial charge in [-0.25, -0.2) is 4.98 Å². The molecule has 1 atom stereocenters. The van der Waals surface area contributed by atoms with E-state index >= 15 is 0 Å². The first-order chi connectivity index (χ1) is 8.25. The molecule has 2 rings (SSSR count). The van der Waals surface area contributed by atoms with E-state index < -0.39 is 0 Å². The average Bonchev–Trinajstić information content (AvgIpc) is 2.37. The molecule has 0 spiro atoms. The molecule has 4 heteroatoms. The van der Waals surface area contributed by atoms with Gasteiger partial charge in [-0.3, -0.25) is 4.90 Å². The van der Waals surface area contributed by atoms with Crippen LogP contribution < -0.4 is 5.32 Å². The smallest absolute Gasteiger partial charge is 0.131 e. The molecule has 1 aromatic rings. The molecule has 0 saturated carbocycles. The second-order valence-corrected chi connectivity index (χ2v) is 5.06. The predicted molar refractivity (Wildman–Crippen MR) is 72.6 cm³/mol. The standard InChI is InChI=1S/C13H20ClN3/c1-11(17-8-3-2-4-9-17)10-15-13-7-5-6-12(14)16-13/h5-7,11H,2-4,8-10H2,1H3,(H,15,16). The number of nitrogens with zero attached hydrogens (tertiary/aromatic N) is 2. The predicted octanol–water partition coefficient (Wildman–Crippen LogP) is 3.02. The molecule has 1 N–H and O–H groups in total. The van der Waals surface area contributed by atoms with Gasteiger partial charge in [0.1, 0.15) is 11.0 Å². The van der Waals surface area contributed by atoms with E-state index in [1.165, 1.54) is 32.4 Å². The van der Waals surface area contributed by atoms with E-state index in [1.54, 1.807) is 6.07 Å². The minimum atomic E-state index is 0.542. The summed E-state index contributed by atoms with van der Waals surface area (Å²) in [6, 6.07) is 6.22. The molecular formula is C13H20ClN3. The molecule has 1 unspecified atom stereocenters. The van der Waals surface area contributed by atoms with Crippen LogP contribution in [-0.2, 0) is 0 Å². The maximum Gasteiger partial charge on any atom is 0.131 e. The third kappa shape index (κ3) is 3.86. The van der Waals surface area contributed by atoms with Gasteiger partial charge in [0.2, 0.25) is 0 Å². The largest absolute Gasteiger partial charge is 0.368 e. The number of anilines is 1. The van der Waals surface area contributed by atoms with Gasteiger partial charge in [0, 0.05) is 12.6 Å². The fourth-order valence-corrected chi connectivity index (χ4v) is 2.41. The number of likely N-dealkylation sites (tertiary alicyclic amines) is 1. The monoisotopic (exact) mass is 253 g/mol. The van der Waals surface area contributed by atoms with E-state index in [0.717, 1.165) is 12.4 Å². The zero-order valence-electron chi connectivity index (χ0n) is 10.3. The summed E-state index contributed by atoms with van der Waals surface area (Å²) in [5.41, 5.74) is 0. The summed E-state index contributed by atoms with van der Waals surface area (Å²) in [6.07, 6.45) is 4.05. The summed E-state index contributed by atoms with van der Waals surface area (Å²) in [4.78, 5) is 6.77. The highest BCUT2D eigenvalue weighted by Gasteiger charge is 2.16. The fourth-order valence-electron chi connectivity index (χ4n) is 2.25. The van der Waals surface area contributed by atoms with Crippen LogP contribution in [0.2, 0.25) is 5.15 Å². The second-order valence-electron chi connectivity index (χ2n) is 4.67. The minimum absolute atomic E-state index is 0.542. The van der Waals surface area contributed by atoms with E-state index in [1.807, 2.05) is 12.1 Å². The van der Waals surface area contributed by atoms with Crippen molar-refractivity contribution in [3.05, 3.63) is 23.4 Å². The third-order valence-corrected chi connectivity index (χ3v) is 3.52. The molecule has 1 aromatic heterocycles. The van der Waals surface area contributed by atoms with E-state index in [9.17, 15) is 0 Å². The number of nitrogens with one attached hydrogen (secondary N) is 1. The third-order valence-electron chi connectivity index (χ3n) is 3.31. The maximum atomic E-state index is 5.85. The molecule has 1 fully saturated rings. The molecule has 3 nitrogen and oxygen atoms in total. The summed E-state index contributed by atoms with van der Waals surface area (Å²) in [7, 11) is 0. The van der Waals surface area contributed by atoms with E-state index in [0.29, 0.717) is 11.2 Å². The number of aromatic nitrogens is 1. The van der Waals surface area contributed by atoms with Crippen molar-refractivity contribution in [2.45, 2.75) is 32.2 Å². The summed E-state index contributed by atoms with van der Waals surface area (Å²) in [5, 5.41) is 3.89. The molecule has 94 valence electrons. The summed E-state index contributed by atoms with van der Waals surface area (Å²) >= 11 is 5.85. The van der Waals surface area contributed by atoms with E-state index in [4.69, 9.17) is 11.6 Å². The van der Waals surface area contributed by atoms with Crippen molar-refractivity contribution in [2.24, 2.45) is 0 Å². The Labute approximate surface area is 108 Å². The van der Waals surface area contributed by atoms with Gasteiger partial charge < -0.3 is 5.32 Å². The van der Waals surface area contributed by atoms with Crippen LogP contribution in [0, 0.1) is 0 Å². The molecule has 1 saturated heterocycles. The van der Waals surface area contributed by atoms with Gasteiger partial charge in [0.15, 0.2) is 0 Å². The minimum Gasteiger partial charge on any atom is -0.368 e. The Morgan fingerprint density at radius 3 is 2.82 bits per heavy atom. The highest BCUT2D eigenvalue weighted by Crippen LogP contribution is 2.13. The van der Waals surface area contributed by atoms with Crippen LogP contribution in [0.15, 0.2) is 18.2 Å². The lowest BCUT2D eigenvalue weighted by atomic mass is 10.1. The first kappa shape index (κ1) is 12.7. The Bertz CT molecular complexity index is 350. The van der Waals surface area contributed by atoms with Gasteiger partial charge >= 0.3 is 0 Å². The van der Waals surface area contributed by atoms with E-state index in [2.05, 4.69) is 22.1 Å². The zero-order valence-corrected chi connectivity index (χ0v) is 11.1. The van der Waals surface area contributed by atoms with Gasteiger partial charge in [0.25, 0.3) is 0 Å². The van der Waals surface area contributed by atoms with Crippen molar-refractivity contribution in [1.82, 2.24) is 9.88 Å². The molecule has 0 bridgehead atoms. The van der Waals surface area contributed by atoms with Crippen molar-refractivity contribution < 1.29 is 0 Å². The van der Waals surface area contributed by atoms with E-state index in [-0.39, 0.29) is 0 Å². The lowest BCUT2D eigenvalue weighted by molar-refractivity contribution is 0.180. The van der Waals surface area contributed by atoms with Gasteiger partial charge in [-0.1, -0.05) is 24.1 Å². The van der Waals surface area contributed by atoms with Gasteiger partial charge in [-0.15, -0.1) is 0 Å². The Morgan fingerprint density at radius 1 is 1.35 bits per heavy atom.